The first-order chi connectivity index (χ1) is 13.1. The van der Waals surface area contributed by atoms with Gasteiger partial charge in [0.2, 0.25) is 0 Å². The van der Waals surface area contributed by atoms with Gasteiger partial charge in [0.05, 0.1) is 9.47 Å². The molecule has 0 aliphatic carbocycles. The standard InChI is InChI=1S/C19H18BrClN4OS/c20-18-5-4-16(27-18)13-23-8-10-24(11-9-23)19(26)17-6-7-25(22-17)15-3-1-2-14(21)12-15/h1-7,12H,8-11,13H2. The molecule has 0 atom stereocenters. The van der Waals surface area contributed by atoms with Gasteiger partial charge < -0.3 is 4.90 Å². The highest BCUT2D eigenvalue weighted by atomic mass is 79.9. The van der Waals surface area contributed by atoms with Crippen molar-refractivity contribution in [1.29, 1.82) is 0 Å². The average molecular weight is 466 g/mol. The van der Waals surface area contributed by atoms with E-state index in [4.69, 9.17) is 11.6 Å². The van der Waals surface area contributed by atoms with Crippen LogP contribution in [-0.4, -0.2) is 51.7 Å². The highest BCUT2D eigenvalue weighted by molar-refractivity contribution is 9.11. The van der Waals surface area contributed by atoms with E-state index < -0.39 is 0 Å². The Morgan fingerprint density at radius 3 is 2.67 bits per heavy atom. The molecular formula is C19H18BrClN4OS. The summed E-state index contributed by atoms with van der Waals surface area (Å²) in [6, 6.07) is 13.4. The molecule has 1 aromatic carbocycles. The van der Waals surface area contributed by atoms with E-state index in [1.54, 1.807) is 28.3 Å². The number of thiophene rings is 1. The fourth-order valence-electron chi connectivity index (χ4n) is 3.13. The molecule has 5 nitrogen and oxygen atoms in total. The Labute approximate surface area is 175 Å². The Balaban J connectivity index is 1.37. The largest absolute Gasteiger partial charge is 0.335 e. The van der Waals surface area contributed by atoms with E-state index in [1.165, 1.54) is 4.88 Å². The van der Waals surface area contributed by atoms with Crippen LogP contribution in [0.4, 0.5) is 0 Å². The third kappa shape index (κ3) is 4.43. The first-order valence-corrected chi connectivity index (χ1v) is 10.6. The van der Waals surface area contributed by atoms with Crippen molar-refractivity contribution >= 4 is 44.8 Å². The van der Waals surface area contributed by atoms with Crippen LogP contribution in [0.2, 0.25) is 5.02 Å². The Morgan fingerprint density at radius 2 is 1.96 bits per heavy atom. The third-order valence-electron chi connectivity index (χ3n) is 4.55. The molecule has 2 aromatic heterocycles. The quantitative estimate of drug-likeness (QED) is 0.577. The van der Waals surface area contributed by atoms with Gasteiger partial charge in [-0.2, -0.15) is 5.10 Å². The second-order valence-corrected chi connectivity index (χ2v) is 9.38. The SMILES string of the molecule is O=C(c1ccn(-c2cccc(Cl)c2)n1)N1CCN(Cc2ccc(Br)s2)CC1. The lowest BCUT2D eigenvalue weighted by atomic mass is 10.2. The normalized spacial score (nSPS) is 15.3. The fraction of sp³-hybridized carbons (Fsp3) is 0.263. The first-order valence-electron chi connectivity index (χ1n) is 8.66. The minimum absolute atomic E-state index is 0.0192. The number of benzene rings is 1. The molecule has 27 heavy (non-hydrogen) atoms. The van der Waals surface area contributed by atoms with Gasteiger partial charge in [0.1, 0.15) is 0 Å². The van der Waals surface area contributed by atoms with Crippen LogP contribution in [-0.2, 0) is 6.54 Å². The number of rotatable bonds is 4. The number of aromatic nitrogens is 2. The lowest BCUT2D eigenvalue weighted by molar-refractivity contribution is 0.0623. The molecule has 4 rings (SSSR count). The number of carbonyl (C=O) groups is 1. The van der Waals surface area contributed by atoms with E-state index in [-0.39, 0.29) is 5.91 Å². The van der Waals surface area contributed by atoms with Crippen LogP contribution < -0.4 is 0 Å². The topological polar surface area (TPSA) is 41.4 Å². The lowest BCUT2D eigenvalue weighted by Gasteiger charge is -2.34. The molecule has 3 aromatic rings. The monoisotopic (exact) mass is 464 g/mol. The van der Waals surface area contributed by atoms with Crippen LogP contribution in [0.5, 0.6) is 0 Å². The zero-order valence-corrected chi connectivity index (χ0v) is 17.7. The van der Waals surface area contributed by atoms with E-state index in [9.17, 15) is 4.79 Å². The smallest absolute Gasteiger partial charge is 0.274 e. The molecule has 8 heteroatoms. The van der Waals surface area contributed by atoms with Gasteiger partial charge in [0.15, 0.2) is 5.69 Å². The van der Waals surface area contributed by atoms with Crippen LogP contribution in [0, 0.1) is 0 Å². The number of hydrogen-bond acceptors (Lipinski definition) is 4. The van der Waals surface area contributed by atoms with E-state index >= 15 is 0 Å². The number of halogens is 2. The molecule has 0 radical (unpaired) electrons. The molecule has 3 heterocycles. The summed E-state index contributed by atoms with van der Waals surface area (Å²) >= 11 is 11.3. The molecule has 1 aliphatic heterocycles. The summed E-state index contributed by atoms with van der Waals surface area (Å²) in [5.41, 5.74) is 1.30. The van der Waals surface area contributed by atoms with Crippen molar-refractivity contribution in [3.8, 4) is 5.69 Å². The lowest BCUT2D eigenvalue weighted by Crippen LogP contribution is -2.48. The Morgan fingerprint density at radius 1 is 1.15 bits per heavy atom. The van der Waals surface area contributed by atoms with Crippen molar-refractivity contribution in [2.45, 2.75) is 6.54 Å². The van der Waals surface area contributed by atoms with Gasteiger partial charge in [-0.05, 0) is 52.3 Å². The molecule has 140 valence electrons. The summed E-state index contributed by atoms with van der Waals surface area (Å²) in [6.45, 7) is 4.11. The number of hydrogen-bond donors (Lipinski definition) is 0. The van der Waals surface area contributed by atoms with Crippen LogP contribution in [0.1, 0.15) is 15.4 Å². The van der Waals surface area contributed by atoms with Crippen molar-refractivity contribution in [3.05, 3.63) is 68.0 Å². The van der Waals surface area contributed by atoms with Gasteiger partial charge in [-0.1, -0.05) is 17.7 Å². The fourth-order valence-corrected chi connectivity index (χ4v) is 4.84. The molecule has 0 bridgehead atoms. The summed E-state index contributed by atoms with van der Waals surface area (Å²) in [6.07, 6.45) is 1.80. The van der Waals surface area contributed by atoms with Crippen LogP contribution in [0.3, 0.4) is 0 Å². The van der Waals surface area contributed by atoms with Gasteiger partial charge in [-0.3, -0.25) is 9.69 Å². The molecule has 1 saturated heterocycles. The predicted molar refractivity (Wildman–Crippen MR) is 112 cm³/mol. The van der Waals surface area contributed by atoms with Crippen LogP contribution in [0.15, 0.2) is 52.4 Å². The van der Waals surface area contributed by atoms with E-state index in [2.05, 4.69) is 38.1 Å². The Hall–Kier alpha value is -1.67. The maximum absolute atomic E-state index is 12.8. The number of carbonyl (C=O) groups excluding carboxylic acids is 1. The van der Waals surface area contributed by atoms with Crippen LogP contribution >= 0.6 is 38.9 Å². The van der Waals surface area contributed by atoms with Crippen LogP contribution in [0.25, 0.3) is 5.69 Å². The Bertz CT molecular complexity index is 949. The van der Waals surface area contributed by atoms with Crippen molar-refractivity contribution in [2.24, 2.45) is 0 Å². The third-order valence-corrected chi connectivity index (χ3v) is 6.39. The summed E-state index contributed by atoms with van der Waals surface area (Å²) in [4.78, 5) is 18.4. The summed E-state index contributed by atoms with van der Waals surface area (Å²) < 4.78 is 2.84. The highest BCUT2D eigenvalue weighted by Crippen LogP contribution is 2.24. The van der Waals surface area contributed by atoms with Gasteiger partial charge in [-0.25, -0.2) is 4.68 Å². The van der Waals surface area contributed by atoms with Gasteiger partial charge in [-0.15, -0.1) is 11.3 Å². The molecule has 1 amide bonds. The molecule has 1 aliphatic rings. The predicted octanol–water partition coefficient (Wildman–Crippen LogP) is 4.31. The van der Waals surface area contributed by atoms with E-state index in [0.717, 1.165) is 42.2 Å². The zero-order chi connectivity index (χ0) is 18.8. The molecule has 0 unspecified atom stereocenters. The number of nitrogens with zero attached hydrogens (tertiary/aromatic N) is 4. The Kier molecular flexibility index (Phi) is 5.63. The van der Waals surface area contributed by atoms with Gasteiger partial charge in [0.25, 0.3) is 5.91 Å². The number of piperazine rings is 1. The van der Waals surface area contributed by atoms with Crippen molar-refractivity contribution < 1.29 is 4.79 Å². The second-order valence-electron chi connectivity index (χ2n) is 6.40. The van der Waals surface area contributed by atoms with Gasteiger partial charge >= 0.3 is 0 Å². The van der Waals surface area contributed by atoms with E-state index in [0.29, 0.717) is 10.7 Å². The molecular weight excluding hydrogens is 448 g/mol. The highest BCUT2D eigenvalue weighted by Gasteiger charge is 2.24. The summed E-state index contributed by atoms with van der Waals surface area (Å²) in [5, 5.41) is 5.08. The maximum atomic E-state index is 12.8. The molecule has 0 spiro atoms. The molecule has 1 fully saturated rings. The van der Waals surface area contributed by atoms with Gasteiger partial charge in [0, 0.05) is 48.8 Å². The minimum atomic E-state index is -0.0192. The molecule has 0 N–H and O–H groups in total. The van der Waals surface area contributed by atoms with Crippen molar-refractivity contribution in [1.82, 2.24) is 19.6 Å². The van der Waals surface area contributed by atoms with Crippen molar-refractivity contribution in [3.63, 3.8) is 0 Å². The molecule has 0 saturated carbocycles. The zero-order valence-electron chi connectivity index (χ0n) is 14.5. The van der Waals surface area contributed by atoms with Crippen molar-refractivity contribution in [2.75, 3.05) is 26.2 Å². The number of amides is 1. The first kappa shape index (κ1) is 18.7. The maximum Gasteiger partial charge on any atom is 0.274 e. The summed E-state index contributed by atoms with van der Waals surface area (Å²) in [7, 11) is 0. The minimum Gasteiger partial charge on any atom is -0.335 e. The van der Waals surface area contributed by atoms with E-state index in [1.807, 2.05) is 29.2 Å². The second kappa shape index (κ2) is 8.14. The average Bonchev–Trinajstić information content (AvgIpc) is 3.31. The summed E-state index contributed by atoms with van der Waals surface area (Å²) in [5.74, 6) is -0.0192.